The summed E-state index contributed by atoms with van der Waals surface area (Å²) in [6.45, 7) is 2.66. The number of ether oxygens (including phenoxy) is 1. The van der Waals surface area contributed by atoms with Gasteiger partial charge in [-0.15, -0.1) is 0 Å². The first-order chi connectivity index (χ1) is 13.2. The summed E-state index contributed by atoms with van der Waals surface area (Å²) in [5.74, 6) is 1.57. The summed E-state index contributed by atoms with van der Waals surface area (Å²) >= 11 is 0. The molecule has 0 radical (unpaired) electrons. The summed E-state index contributed by atoms with van der Waals surface area (Å²) in [6.07, 6.45) is 5.13. The van der Waals surface area contributed by atoms with E-state index < -0.39 is 0 Å². The fourth-order valence-electron chi connectivity index (χ4n) is 2.85. The Kier molecular flexibility index (Phi) is 4.53. The highest BCUT2D eigenvalue weighted by molar-refractivity contribution is 6.01. The Labute approximate surface area is 156 Å². The summed E-state index contributed by atoms with van der Waals surface area (Å²) in [4.78, 5) is 20.8. The van der Waals surface area contributed by atoms with E-state index in [0.717, 1.165) is 16.7 Å². The zero-order valence-electron chi connectivity index (χ0n) is 14.8. The minimum absolute atomic E-state index is 0.240. The molecular weight excluding hydrogens is 340 g/mol. The Morgan fingerprint density at radius 3 is 2.67 bits per heavy atom. The summed E-state index contributed by atoms with van der Waals surface area (Å²) in [5, 5.41) is 3.80. The molecular formula is C21H18N4O2. The van der Waals surface area contributed by atoms with Crippen LogP contribution in [0.3, 0.4) is 0 Å². The lowest BCUT2D eigenvalue weighted by Crippen LogP contribution is -2.17. The van der Waals surface area contributed by atoms with Gasteiger partial charge in [-0.3, -0.25) is 9.78 Å². The van der Waals surface area contributed by atoms with Gasteiger partial charge in [-0.2, -0.15) is 0 Å². The Morgan fingerprint density at radius 2 is 1.85 bits per heavy atom. The molecule has 0 atom stereocenters. The predicted molar refractivity (Wildman–Crippen MR) is 104 cm³/mol. The SMILES string of the molecule is CCn1ccnc1C(=O)Nc1ccc(Oc2ccnc3ccccc23)cc1. The quantitative estimate of drug-likeness (QED) is 0.570. The van der Waals surface area contributed by atoms with Crippen molar-refractivity contribution in [3.63, 3.8) is 0 Å². The fraction of sp³-hybridized carbons (Fsp3) is 0.0952. The molecule has 0 aliphatic carbocycles. The number of pyridine rings is 1. The molecule has 2 aromatic carbocycles. The number of imidazole rings is 1. The molecule has 0 saturated heterocycles. The molecule has 0 aliphatic rings. The summed E-state index contributed by atoms with van der Waals surface area (Å²) < 4.78 is 7.78. The van der Waals surface area contributed by atoms with Crippen molar-refractivity contribution in [2.45, 2.75) is 13.5 Å². The van der Waals surface area contributed by atoms with Crippen LogP contribution in [0.4, 0.5) is 5.69 Å². The van der Waals surface area contributed by atoms with Crippen molar-refractivity contribution in [2.75, 3.05) is 5.32 Å². The predicted octanol–water partition coefficient (Wildman–Crippen LogP) is 4.50. The maximum Gasteiger partial charge on any atom is 0.291 e. The first-order valence-electron chi connectivity index (χ1n) is 8.69. The fourth-order valence-corrected chi connectivity index (χ4v) is 2.85. The molecule has 0 fully saturated rings. The van der Waals surface area contributed by atoms with E-state index in [1.165, 1.54) is 0 Å². The third kappa shape index (κ3) is 3.50. The highest BCUT2D eigenvalue weighted by Crippen LogP contribution is 2.29. The van der Waals surface area contributed by atoms with Crippen molar-refractivity contribution in [1.82, 2.24) is 14.5 Å². The van der Waals surface area contributed by atoms with Crippen LogP contribution in [0.5, 0.6) is 11.5 Å². The van der Waals surface area contributed by atoms with Gasteiger partial charge in [0.15, 0.2) is 5.82 Å². The molecule has 4 rings (SSSR count). The lowest BCUT2D eigenvalue weighted by Gasteiger charge is -2.10. The van der Waals surface area contributed by atoms with E-state index >= 15 is 0 Å². The number of carbonyl (C=O) groups excluding carboxylic acids is 1. The number of nitrogens with zero attached hydrogens (tertiary/aromatic N) is 3. The second-order valence-corrected chi connectivity index (χ2v) is 5.94. The monoisotopic (exact) mass is 358 g/mol. The maximum atomic E-state index is 12.3. The van der Waals surface area contributed by atoms with Gasteiger partial charge < -0.3 is 14.6 Å². The minimum Gasteiger partial charge on any atom is -0.457 e. The third-order valence-corrected chi connectivity index (χ3v) is 4.21. The number of hydrogen-bond donors (Lipinski definition) is 1. The van der Waals surface area contributed by atoms with E-state index in [-0.39, 0.29) is 5.91 Å². The van der Waals surface area contributed by atoms with Gasteiger partial charge >= 0.3 is 0 Å². The normalized spacial score (nSPS) is 10.7. The van der Waals surface area contributed by atoms with Crippen LogP contribution in [0.25, 0.3) is 10.9 Å². The molecule has 0 unspecified atom stereocenters. The number of anilines is 1. The maximum absolute atomic E-state index is 12.3. The van der Waals surface area contributed by atoms with E-state index in [0.29, 0.717) is 23.8 Å². The second kappa shape index (κ2) is 7.29. The standard InChI is InChI=1S/C21H18N4O2/c1-2-25-14-13-23-20(25)21(26)24-15-7-9-16(10-8-15)27-19-11-12-22-18-6-4-3-5-17(18)19/h3-14H,2H2,1H3,(H,24,26). The lowest BCUT2D eigenvalue weighted by atomic mass is 10.2. The molecule has 0 spiro atoms. The molecule has 27 heavy (non-hydrogen) atoms. The number of fused-ring (bicyclic) bond motifs is 1. The van der Waals surface area contributed by atoms with Gasteiger partial charge in [0, 0.05) is 36.2 Å². The number of amides is 1. The highest BCUT2D eigenvalue weighted by atomic mass is 16.5. The van der Waals surface area contributed by atoms with E-state index in [1.807, 2.05) is 49.4 Å². The number of nitrogens with one attached hydrogen (secondary N) is 1. The molecule has 4 aromatic rings. The Bertz CT molecular complexity index is 1080. The Hall–Kier alpha value is -3.67. The van der Waals surface area contributed by atoms with Gasteiger partial charge in [-0.25, -0.2) is 4.98 Å². The van der Waals surface area contributed by atoms with Crippen molar-refractivity contribution in [2.24, 2.45) is 0 Å². The largest absolute Gasteiger partial charge is 0.457 e. The average molecular weight is 358 g/mol. The van der Waals surface area contributed by atoms with Crippen LogP contribution in [0, 0.1) is 0 Å². The second-order valence-electron chi connectivity index (χ2n) is 5.94. The zero-order chi connectivity index (χ0) is 18.6. The Morgan fingerprint density at radius 1 is 1.04 bits per heavy atom. The summed E-state index contributed by atoms with van der Waals surface area (Å²) in [5.41, 5.74) is 1.56. The van der Waals surface area contributed by atoms with Crippen molar-refractivity contribution < 1.29 is 9.53 Å². The number of para-hydroxylation sites is 1. The van der Waals surface area contributed by atoms with E-state index in [9.17, 15) is 4.79 Å². The molecule has 6 nitrogen and oxygen atoms in total. The van der Waals surface area contributed by atoms with Gasteiger partial charge in [0.1, 0.15) is 11.5 Å². The van der Waals surface area contributed by atoms with Gasteiger partial charge in [-0.1, -0.05) is 12.1 Å². The van der Waals surface area contributed by atoms with E-state index in [4.69, 9.17) is 4.74 Å². The summed E-state index contributed by atoms with van der Waals surface area (Å²) in [7, 11) is 0. The topological polar surface area (TPSA) is 69.0 Å². The van der Waals surface area contributed by atoms with Gasteiger partial charge in [0.05, 0.1) is 5.52 Å². The molecule has 0 aliphatic heterocycles. The number of carbonyl (C=O) groups is 1. The molecule has 2 aromatic heterocycles. The smallest absolute Gasteiger partial charge is 0.291 e. The molecule has 0 saturated carbocycles. The minimum atomic E-state index is -0.240. The number of aryl methyl sites for hydroxylation is 1. The highest BCUT2D eigenvalue weighted by Gasteiger charge is 2.12. The van der Waals surface area contributed by atoms with E-state index in [1.54, 1.807) is 35.3 Å². The number of benzene rings is 2. The number of rotatable bonds is 5. The van der Waals surface area contributed by atoms with Gasteiger partial charge in [0.2, 0.25) is 0 Å². The van der Waals surface area contributed by atoms with Crippen LogP contribution in [-0.2, 0) is 6.54 Å². The summed E-state index contributed by atoms with van der Waals surface area (Å²) in [6, 6.07) is 16.9. The van der Waals surface area contributed by atoms with Crippen molar-refractivity contribution in [1.29, 1.82) is 0 Å². The van der Waals surface area contributed by atoms with Crippen LogP contribution in [0.2, 0.25) is 0 Å². The zero-order valence-corrected chi connectivity index (χ0v) is 14.8. The third-order valence-electron chi connectivity index (χ3n) is 4.21. The van der Waals surface area contributed by atoms with Crippen LogP contribution in [0.1, 0.15) is 17.5 Å². The van der Waals surface area contributed by atoms with Crippen LogP contribution in [-0.4, -0.2) is 20.4 Å². The molecule has 6 heteroatoms. The first-order valence-corrected chi connectivity index (χ1v) is 8.69. The average Bonchev–Trinajstić information content (AvgIpc) is 3.19. The number of hydrogen-bond acceptors (Lipinski definition) is 4. The van der Waals surface area contributed by atoms with Crippen LogP contribution in [0.15, 0.2) is 73.2 Å². The van der Waals surface area contributed by atoms with Crippen LogP contribution < -0.4 is 10.1 Å². The van der Waals surface area contributed by atoms with Gasteiger partial charge in [-0.05, 0) is 49.4 Å². The number of aromatic nitrogens is 3. The van der Waals surface area contributed by atoms with Crippen molar-refractivity contribution in [3.05, 3.63) is 79.0 Å². The van der Waals surface area contributed by atoms with Crippen molar-refractivity contribution >= 4 is 22.5 Å². The van der Waals surface area contributed by atoms with E-state index in [2.05, 4.69) is 15.3 Å². The molecule has 1 N–H and O–H groups in total. The first kappa shape index (κ1) is 16.8. The lowest BCUT2D eigenvalue weighted by molar-refractivity contribution is 0.101. The Balaban J connectivity index is 1.50. The van der Waals surface area contributed by atoms with Crippen molar-refractivity contribution in [3.8, 4) is 11.5 Å². The molecule has 2 heterocycles. The molecule has 1 amide bonds. The molecule has 134 valence electrons. The van der Waals surface area contributed by atoms with Crippen LogP contribution >= 0.6 is 0 Å². The molecule has 0 bridgehead atoms. The van der Waals surface area contributed by atoms with Gasteiger partial charge in [0.25, 0.3) is 5.91 Å².